The largest absolute Gasteiger partial charge is 0.339 e. The first kappa shape index (κ1) is 15.6. The van der Waals surface area contributed by atoms with Crippen molar-refractivity contribution in [3.63, 3.8) is 0 Å². The number of alkyl halides is 1. The second-order valence-corrected chi connectivity index (χ2v) is 7.45. The van der Waals surface area contributed by atoms with E-state index in [-0.39, 0.29) is 12.2 Å². The molecular weight excluding hydrogens is 399 g/mol. The van der Waals surface area contributed by atoms with Crippen molar-refractivity contribution in [2.45, 2.75) is 37.3 Å². The van der Waals surface area contributed by atoms with Gasteiger partial charge in [0.2, 0.25) is 0 Å². The molecule has 0 amide bonds. The summed E-state index contributed by atoms with van der Waals surface area (Å²) in [5, 5.41) is 0. The van der Waals surface area contributed by atoms with Crippen LogP contribution in [0, 0.1) is 5.92 Å². The smallest absolute Gasteiger partial charge is 0.170 e. The van der Waals surface area contributed by atoms with Gasteiger partial charge in [0.25, 0.3) is 0 Å². The van der Waals surface area contributed by atoms with Gasteiger partial charge in [0.15, 0.2) is 5.79 Å². The molecule has 2 fully saturated rings. The molecule has 1 saturated carbocycles. The molecule has 1 aliphatic heterocycles. The van der Waals surface area contributed by atoms with Gasteiger partial charge in [-0.15, -0.1) is 0 Å². The van der Waals surface area contributed by atoms with Gasteiger partial charge in [0.05, 0.1) is 0 Å². The van der Waals surface area contributed by atoms with Gasteiger partial charge >= 0.3 is 0 Å². The second kappa shape index (κ2) is 6.54. The minimum Gasteiger partial charge on any atom is -0.339 e. The van der Waals surface area contributed by atoms with Crippen molar-refractivity contribution >= 4 is 22.6 Å². The molecule has 120 valence electrons. The molecule has 0 radical (unpaired) electrons. The fourth-order valence-electron chi connectivity index (χ4n) is 3.80. The maximum absolute atomic E-state index is 6.57. The highest BCUT2D eigenvalue weighted by molar-refractivity contribution is 14.1. The quantitative estimate of drug-likeness (QED) is 0.486. The molecule has 3 atom stereocenters. The van der Waals surface area contributed by atoms with Gasteiger partial charge in [-0.05, 0) is 23.5 Å². The minimum atomic E-state index is -0.392. The number of benzene rings is 2. The standard InChI is InChI=1S/C20H21IO2/c21-14-15-11-12-20(13-15)22-18(16-7-3-1-4-8-16)19(23-20)17-9-5-2-6-10-17/h1-10,15,18-19H,11-14H2/t15-,18+,19+/m1/s1. The molecule has 0 aromatic heterocycles. The Labute approximate surface area is 151 Å². The highest BCUT2D eigenvalue weighted by Gasteiger charge is 2.52. The zero-order valence-corrected chi connectivity index (χ0v) is 15.2. The van der Waals surface area contributed by atoms with E-state index < -0.39 is 5.79 Å². The number of hydrogen-bond acceptors (Lipinski definition) is 2. The summed E-state index contributed by atoms with van der Waals surface area (Å²) < 4.78 is 14.3. The Morgan fingerprint density at radius 3 is 1.83 bits per heavy atom. The topological polar surface area (TPSA) is 18.5 Å². The molecule has 3 heteroatoms. The van der Waals surface area contributed by atoms with Crippen LogP contribution in [0.25, 0.3) is 0 Å². The van der Waals surface area contributed by atoms with Crippen LogP contribution in [0.4, 0.5) is 0 Å². The molecule has 1 spiro atoms. The average Bonchev–Trinajstić information content (AvgIpc) is 3.21. The van der Waals surface area contributed by atoms with E-state index in [1.165, 1.54) is 22.0 Å². The first-order valence-electron chi connectivity index (χ1n) is 8.31. The van der Waals surface area contributed by atoms with E-state index in [1.807, 2.05) is 12.1 Å². The zero-order chi connectivity index (χ0) is 15.7. The van der Waals surface area contributed by atoms with Crippen LogP contribution in [0.5, 0.6) is 0 Å². The fraction of sp³-hybridized carbons (Fsp3) is 0.400. The van der Waals surface area contributed by atoms with Gasteiger partial charge in [-0.1, -0.05) is 83.3 Å². The van der Waals surface area contributed by atoms with Gasteiger partial charge in [-0.3, -0.25) is 0 Å². The third kappa shape index (κ3) is 3.06. The van der Waals surface area contributed by atoms with Crippen molar-refractivity contribution in [2.75, 3.05) is 4.43 Å². The highest BCUT2D eigenvalue weighted by Crippen LogP contribution is 2.54. The van der Waals surface area contributed by atoms with Crippen LogP contribution in [0.2, 0.25) is 0 Å². The number of ether oxygens (including phenoxy) is 2. The summed E-state index contributed by atoms with van der Waals surface area (Å²) in [6, 6.07) is 21.0. The minimum absolute atomic E-state index is 0.0217. The second-order valence-electron chi connectivity index (χ2n) is 6.57. The SMILES string of the molecule is IC[C@@H]1CCC2(C1)O[C@@H](c1ccccc1)[C@H](c1ccccc1)O2. The monoisotopic (exact) mass is 420 g/mol. The van der Waals surface area contributed by atoms with Crippen LogP contribution < -0.4 is 0 Å². The Morgan fingerprint density at radius 2 is 1.39 bits per heavy atom. The lowest BCUT2D eigenvalue weighted by molar-refractivity contribution is -0.172. The van der Waals surface area contributed by atoms with Gasteiger partial charge in [0.1, 0.15) is 12.2 Å². The van der Waals surface area contributed by atoms with Crippen LogP contribution in [-0.2, 0) is 9.47 Å². The summed E-state index contributed by atoms with van der Waals surface area (Å²) in [4.78, 5) is 0. The lowest BCUT2D eigenvalue weighted by Crippen LogP contribution is -2.26. The van der Waals surface area contributed by atoms with E-state index in [2.05, 4.69) is 71.1 Å². The van der Waals surface area contributed by atoms with Crippen LogP contribution in [0.15, 0.2) is 60.7 Å². The molecular formula is C20H21IO2. The molecule has 0 bridgehead atoms. The number of hydrogen-bond donors (Lipinski definition) is 0. The van der Waals surface area contributed by atoms with E-state index >= 15 is 0 Å². The van der Waals surface area contributed by atoms with Crippen LogP contribution >= 0.6 is 22.6 Å². The third-order valence-electron chi connectivity index (χ3n) is 4.97. The lowest BCUT2D eigenvalue weighted by Gasteiger charge is -2.23. The van der Waals surface area contributed by atoms with Crippen molar-refractivity contribution in [1.82, 2.24) is 0 Å². The van der Waals surface area contributed by atoms with E-state index in [0.29, 0.717) is 5.92 Å². The van der Waals surface area contributed by atoms with Crippen molar-refractivity contribution in [3.05, 3.63) is 71.8 Å². The molecule has 1 aliphatic carbocycles. The maximum Gasteiger partial charge on any atom is 0.170 e. The Kier molecular flexibility index (Phi) is 4.43. The van der Waals surface area contributed by atoms with Crippen molar-refractivity contribution in [1.29, 1.82) is 0 Å². The Hall–Kier alpha value is -0.910. The Bertz CT molecular complexity index is 596. The molecule has 23 heavy (non-hydrogen) atoms. The van der Waals surface area contributed by atoms with Crippen molar-refractivity contribution < 1.29 is 9.47 Å². The summed E-state index contributed by atoms with van der Waals surface area (Å²) in [6.07, 6.45) is 3.18. The summed E-state index contributed by atoms with van der Waals surface area (Å²) in [7, 11) is 0. The number of rotatable bonds is 3. The van der Waals surface area contributed by atoms with Crippen molar-refractivity contribution in [3.8, 4) is 0 Å². The fourth-order valence-corrected chi connectivity index (χ4v) is 4.55. The summed E-state index contributed by atoms with van der Waals surface area (Å²) in [6.45, 7) is 0. The Morgan fingerprint density at radius 1 is 0.870 bits per heavy atom. The van der Waals surface area contributed by atoms with E-state index in [1.54, 1.807) is 0 Å². The van der Waals surface area contributed by atoms with E-state index in [4.69, 9.17) is 9.47 Å². The van der Waals surface area contributed by atoms with Crippen LogP contribution in [0.1, 0.15) is 42.6 Å². The summed E-state index contributed by atoms with van der Waals surface area (Å²) in [5.41, 5.74) is 2.41. The first-order valence-corrected chi connectivity index (χ1v) is 9.84. The van der Waals surface area contributed by atoms with Gasteiger partial charge in [-0.2, -0.15) is 0 Å². The van der Waals surface area contributed by atoms with Gasteiger partial charge < -0.3 is 9.47 Å². The van der Waals surface area contributed by atoms with Crippen LogP contribution in [-0.4, -0.2) is 10.2 Å². The van der Waals surface area contributed by atoms with E-state index in [0.717, 1.165) is 12.8 Å². The molecule has 2 aliphatic rings. The Balaban J connectivity index is 1.67. The van der Waals surface area contributed by atoms with Crippen LogP contribution in [0.3, 0.4) is 0 Å². The van der Waals surface area contributed by atoms with Crippen molar-refractivity contribution in [2.24, 2.45) is 5.92 Å². The lowest BCUT2D eigenvalue weighted by atomic mass is 9.99. The first-order chi connectivity index (χ1) is 11.3. The van der Waals surface area contributed by atoms with E-state index in [9.17, 15) is 0 Å². The molecule has 4 rings (SSSR count). The van der Waals surface area contributed by atoms with Gasteiger partial charge in [-0.25, -0.2) is 0 Å². The molecule has 1 saturated heterocycles. The molecule has 0 unspecified atom stereocenters. The molecule has 0 N–H and O–H groups in total. The maximum atomic E-state index is 6.57. The predicted octanol–water partition coefficient (Wildman–Crippen LogP) is 5.45. The molecule has 2 aromatic rings. The third-order valence-corrected chi connectivity index (χ3v) is 6.21. The number of halogens is 1. The molecule has 1 heterocycles. The highest BCUT2D eigenvalue weighted by atomic mass is 127. The predicted molar refractivity (Wildman–Crippen MR) is 99.5 cm³/mol. The summed E-state index contributed by atoms with van der Waals surface area (Å²) >= 11 is 2.48. The van der Waals surface area contributed by atoms with Gasteiger partial charge in [0, 0.05) is 17.3 Å². The zero-order valence-electron chi connectivity index (χ0n) is 13.0. The molecule has 2 nitrogen and oxygen atoms in total. The summed E-state index contributed by atoms with van der Waals surface area (Å²) in [5.74, 6) is 0.318. The molecule has 2 aromatic carbocycles. The normalized spacial score (nSPS) is 29.2. The average molecular weight is 420 g/mol.